The molecule has 0 fully saturated rings. The predicted octanol–water partition coefficient (Wildman–Crippen LogP) is 2.27. The Morgan fingerprint density at radius 1 is 1.50 bits per heavy atom. The summed E-state index contributed by atoms with van der Waals surface area (Å²) in [5.74, 6) is 0.267. The Bertz CT molecular complexity index is 334. The molecular weight excluding hydrogens is 183 g/mol. The van der Waals surface area contributed by atoms with Crippen LogP contribution in [0.2, 0.25) is 0 Å². The van der Waals surface area contributed by atoms with Crippen molar-refractivity contribution < 1.29 is 13.9 Å². The lowest BCUT2D eigenvalue weighted by Gasteiger charge is -2.10. The van der Waals surface area contributed by atoms with E-state index in [0.29, 0.717) is 24.2 Å². The number of carbonyl (C=O) groups excluding carboxylic acids is 1. The molecule has 0 aromatic heterocycles. The van der Waals surface area contributed by atoms with Gasteiger partial charge in [-0.2, -0.15) is 0 Å². The Balaban J connectivity index is 3.03. The average molecular weight is 196 g/mol. The predicted molar refractivity (Wildman–Crippen MR) is 52.1 cm³/mol. The van der Waals surface area contributed by atoms with Crippen molar-refractivity contribution in [2.24, 2.45) is 0 Å². The van der Waals surface area contributed by atoms with E-state index in [2.05, 4.69) is 0 Å². The van der Waals surface area contributed by atoms with E-state index in [1.54, 1.807) is 13.0 Å². The number of aryl methyl sites for hydroxylation is 1. The van der Waals surface area contributed by atoms with Gasteiger partial charge in [-0.1, -0.05) is 6.07 Å². The van der Waals surface area contributed by atoms with Gasteiger partial charge in [0.2, 0.25) is 0 Å². The maximum atomic E-state index is 13.1. The highest BCUT2D eigenvalue weighted by molar-refractivity contribution is 5.51. The third-order valence-electron chi connectivity index (χ3n) is 2.16. The van der Waals surface area contributed by atoms with Crippen LogP contribution in [0.25, 0.3) is 0 Å². The highest BCUT2D eigenvalue weighted by Gasteiger charge is 2.09. The molecule has 1 aromatic carbocycles. The molecule has 0 N–H and O–H groups in total. The van der Waals surface area contributed by atoms with Crippen LogP contribution in [0, 0.1) is 12.7 Å². The third-order valence-corrected chi connectivity index (χ3v) is 2.16. The Morgan fingerprint density at radius 3 is 2.79 bits per heavy atom. The van der Waals surface area contributed by atoms with Crippen LogP contribution >= 0.6 is 0 Å². The smallest absolute Gasteiger partial charge is 0.129 e. The number of hydrogen-bond donors (Lipinski definition) is 0. The van der Waals surface area contributed by atoms with Gasteiger partial charge in [0.05, 0.1) is 7.11 Å². The molecule has 0 radical (unpaired) electrons. The molecular formula is C11H13FO2. The molecule has 1 rings (SSSR count). The quantitative estimate of drug-likeness (QED) is 0.690. The van der Waals surface area contributed by atoms with Crippen LogP contribution in [0.15, 0.2) is 12.1 Å². The molecule has 0 heterocycles. The standard InChI is InChI=1S/C11H13FO2/c1-8-10(12)6-5-9(4-3-7-13)11(8)14-2/h5-7H,3-4H2,1-2H3. The number of carbonyl (C=O) groups is 1. The molecule has 0 saturated heterocycles. The first-order valence-electron chi connectivity index (χ1n) is 4.46. The molecule has 76 valence electrons. The first kappa shape index (κ1) is 10.7. The van der Waals surface area contributed by atoms with Gasteiger partial charge in [-0.3, -0.25) is 0 Å². The summed E-state index contributed by atoms with van der Waals surface area (Å²) in [5.41, 5.74) is 1.37. The molecule has 1 aromatic rings. The molecule has 3 heteroatoms. The highest BCUT2D eigenvalue weighted by atomic mass is 19.1. The van der Waals surface area contributed by atoms with Crippen molar-refractivity contribution in [2.75, 3.05) is 7.11 Å². The highest BCUT2D eigenvalue weighted by Crippen LogP contribution is 2.26. The van der Waals surface area contributed by atoms with E-state index in [9.17, 15) is 9.18 Å². The largest absolute Gasteiger partial charge is 0.496 e. The lowest BCUT2D eigenvalue weighted by molar-refractivity contribution is -0.107. The fourth-order valence-electron chi connectivity index (χ4n) is 1.42. The Labute approximate surface area is 82.7 Å². The summed E-state index contributed by atoms with van der Waals surface area (Å²) < 4.78 is 18.2. The molecule has 0 atom stereocenters. The van der Waals surface area contributed by atoms with Gasteiger partial charge in [0.1, 0.15) is 17.9 Å². The number of ether oxygens (including phenoxy) is 1. The van der Waals surface area contributed by atoms with Crippen LogP contribution in [0.1, 0.15) is 17.5 Å². The van der Waals surface area contributed by atoms with Crippen LogP contribution in [-0.2, 0) is 11.2 Å². The van der Waals surface area contributed by atoms with Crippen molar-refractivity contribution in [2.45, 2.75) is 19.8 Å². The second kappa shape index (κ2) is 4.74. The monoisotopic (exact) mass is 196 g/mol. The van der Waals surface area contributed by atoms with E-state index in [0.717, 1.165) is 11.8 Å². The first-order chi connectivity index (χ1) is 6.70. The number of rotatable bonds is 4. The van der Waals surface area contributed by atoms with E-state index < -0.39 is 0 Å². The van der Waals surface area contributed by atoms with Gasteiger partial charge in [-0.15, -0.1) is 0 Å². The summed E-state index contributed by atoms with van der Waals surface area (Å²) in [6.07, 6.45) is 1.87. The van der Waals surface area contributed by atoms with Gasteiger partial charge in [-0.05, 0) is 25.0 Å². The Hall–Kier alpha value is -1.38. The maximum Gasteiger partial charge on any atom is 0.129 e. The molecule has 0 aliphatic heterocycles. The van der Waals surface area contributed by atoms with Crippen LogP contribution in [0.4, 0.5) is 4.39 Å². The van der Waals surface area contributed by atoms with E-state index in [1.807, 2.05) is 0 Å². The van der Waals surface area contributed by atoms with Crippen molar-refractivity contribution in [1.29, 1.82) is 0 Å². The van der Waals surface area contributed by atoms with Gasteiger partial charge in [0, 0.05) is 12.0 Å². The topological polar surface area (TPSA) is 26.3 Å². The second-order valence-corrected chi connectivity index (χ2v) is 3.07. The zero-order valence-corrected chi connectivity index (χ0v) is 8.34. The maximum absolute atomic E-state index is 13.1. The summed E-state index contributed by atoms with van der Waals surface area (Å²) in [4.78, 5) is 10.2. The lowest BCUT2D eigenvalue weighted by Crippen LogP contribution is -1.97. The van der Waals surface area contributed by atoms with E-state index >= 15 is 0 Å². The van der Waals surface area contributed by atoms with Crippen molar-refractivity contribution >= 4 is 6.29 Å². The fourth-order valence-corrected chi connectivity index (χ4v) is 1.42. The minimum absolute atomic E-state index is 0.281. The third kappa shape index (κ3) is 2.10. The lowest BCUT2D eigenvalue weighted by atomic mass is 10.1. The van der Waals surface area contributed by atoms with Gasteiger partial charge < -0.3 is 9.53 Å². The molecule has 0 saturated carbocycles. The van der Waals surface area contributed by atoms with Crippen molar-refractivity contribution in [3.05, 3.63) is 29.1 Å². The minimum Gasteiger partial charge on any atom is -0.496 e. The number of hydrogen-bond acceptors (Lipinski definition) is 2. The van der Waals surface area contributed by atoms with Crippen molar-refractivity contribution in [1.82, 2.24) is 0 Å². The van der Waals surface area contributed by atoms with Crippen LogP contribution < -0.4 is 4.74 Å². The van der Waals surface area contributed by atoms with Gasteiger partial charge >= 0.3 is 0 Å². The number of methoxy groups -OCH3 is 1. The van der Waals surface area contributed by atoms with E-state index in [-0.39, 0.29) is 5.82 Å². The van der Waals surface area contributed by atoms with Crippen molar-refractivity contribution in [3.8, 4) is 5.75 Å². The number of benzene rings is 1. The van der Waals surface area contributed by atoms with E-state index in [4.69, 9.17) is 4.74 Å². The molecule has 0 spiro atoms. The normalized spacial score (nSPS) is 9.93. The average Bonchev–Trinajstić information content (AvgIpc) is 2.20. The number of halogens is 1. The Kier molecular flexibility index (Phi) is 3.63. The van der Waals surface area contributed by atoms with E-state index in [1.165, 1.54) is 13.2 Å². The molecule has 0 aliphatic carbocycles. The summed E-state index contributed by atoms with van der Waals surface area (Å²) in [5, 5.41) is 0. The van der Waals surface area contributed by atoms with Gasteiger partial charge in [0.25, 0.3) is 0 Å². The van der Waals surface area contributed by atoms with Crippen LogP contribution in [0.3, 0.4) is 0 Å². The molecule has 0 amide bonds. The second-order valence-electron chi connectivity index (χ2n) is 3.07. The number of aldehydes is 1. The zero-order valence-electron chi connectivity index (χ0n) is 8.34. The Morgan fingerprint density at radius 2 is 2.21 bits per heavy atom. The SMILES string of the molecule is COc1c(CCC=O)ccc(F)c1C. The summed E-state index contributed by atoms with van der Waals surface area (Å²) in [6, 6.07) is 3.06. The van der Waals surface area contributed by atoms with Crippen LogP contribution in [-0.4, -0.2) is 13.4 Å². The van der Waals surface area contributed by atoms with Crippen molar-refractivity contribution in [3.63, 3.8) is 0 Å². The minimum atomic E-state index is -0.281. The fraction of sp³-hybridized carbons (Fsp3) is 0.364. The molecule has 14 heavy (non-hydrogen) atoms. The molecule has 0 bridgehead atoms. The molecule has 0 aliphatic rings. The van der Waals surface area contributed by atoms with Gasteiger partial charge in [-0.25, -0.2) is 4.39 Å². The van der Waals surface area contributed by atoms with Crippen LogP contribution in [0.5, 0.6) is 5.75 Å². The van der Waals surface area contributed by atoms with Gasteiger partial charge in [0.15, 0.2) is 0 Å². The summed E-state index contributed by atoms with van der Waals surface area (Å²) in [7, 11) is 1.51. The molecule has 0 unspecified atom stereocenters. The summed E-state index contributed by atoms with van der Waals surface area (Å²) >= 11 is 0. The zero-order chi connectivity index (χ0) is 10.6. The first-order valence-corrected chi connectivity index (χ1v) is 4.46. The molecule has 2 nitrogen and oxygen atoms in total. The summed E-state index contributed by atoms with van der Waals surface area (Å²) in [6.45, 7) is 1.67.